The Hall–Kier alpha value is -1.34. The van der Waals surface area contributed by atoms with Crippen LogP contribution in [0.3, 0.4) is 0 Å². The molecule has 19 heavy (non-hydrogen) atoms. The number of amides is 1. The van der Waals surface area contributed by atoms with Gasteiger partial charge in [0.15, 0.2) is 0 Å². The Bertz CT molecular complexity index is 649. The first-order valence-corrected chi connectivity index (χ1v) is 6.68. The van der Waals surface area contributed by atoms with Gasteiger partial charge in [-0.15, -0.1) is 0 Å². The second-order valence-corrected chi connectivity index (χ2v) is 5.39. The van der Waals surface area contributed by atoms with Gasteiger partial charge >= 0.3 is 0 Å². The summed E-state index contributed by atoms with van der Waals surface area (Å²) in [4.78, 5) is 12.0. The van der Waals surface area contributed by atoms with Gasteiger partial charge in [-0.25, -0.2) is 4.39 Å². The summed E-state index contributed by atoms with van der Waals surface area (Å²) in [7, 11) is 0. The molecule has 0 saturated carbocycles. The van der Waals surface area contributed by atoms with Crippen LogP contribution < -0.4 is 5.32 Å². The van der Waals surface area contributed by atoms with Crippen LogP contribution in [0.4, 0.5) is 10.1 Å². The summed E-state index contributed by atoms with van der Waals surface area (Å²) in [6.45, 7) is 0. The maximum atomic E-state index is 13.1. The molecule has 6 heteroatoms. The standard InChI is InChI=1S/C13H8ClFINO2/c14-10-3-1-7(15)5-11(10)17-13(19)9-6-8(16)2-4-12(9)18/h1-6,18H,(H,17,19). The van der Waals surface area contributed by atoms with Crippen LogP contribution >= 0.6 is 34.2 Å². The first kappa shape index (κ1) is 14.1. The fraction of sp³-hybridized carbons (Fsp3) is 0. The Morgan fingerprint density at radius 3 is 2.74 bits per heavy atom. The minimum atomic E-state index is -0.552. The number of aromatic hydroxyl groups is 1. The average Bonchev–Trinajstić information content (AvgIpc) is 2.36. The van der Waals surface area contributed by atoms with Crippen molar-refractivity contribution in [3.05, 3.63) is 56.4 Å². The van der Waals surface area contributed by atoms with E-state index in [0.717, 1.165) is 9.64 Å². The third-order valence-corrected chi connectivity index (χ3v) is 3.38. The normalized spacial score (nSPS) is 10.3. The Kier molecular flexibility index (Phi) is 4.26. The van der Waals surface area contributed by atoms with Gasteiger partial charge in [-0.05, 0) is 59.0 Å². The van der Waals surface area contributed by atoms with Crippen molar-refractivity contribution in [1.29, 1.82) is 0 Å². The molecule has 2 N–H and O–H groups in total. The molecular weight excluding hydrogens is 384 g/mol. The Labute approximate surface area is 127 Å². The third kappa shape index (κ3) is 3.36. The van der Waals surface area contributed by atoms with Gasteiger partial charge in [0.25, 0.3) is 5.91 Å². The van der Waals surface area contributed by atoms with Crippen LogP contribution in [-0.2, 0) is 0 Å². The number of halogens is 3. The van der Waals surface area contributed by atoms with Crippen LogP contribution in [-0.4, -0.2) is 11.0 Å². The van der Waals surface area contributed by atoms with Gasteiger partial charge < -0.3 is 10.4 Å². The number of phenols is 1. The first-order valence-electron chi connectivity index (χ1n) is 5.22. The lowest BCUT2D eigenvalue weighted by Gasteiger charge is -2.09. The van der Waals surface area contributed by atoms with Crippen molar-refractivity contribution in [2.24, 2.45) is 0 Å². The second-order valence-electron chi connectivity index (χ2n) is 3.74. The van der Waals surface area contributed by atoms with Gasteiger partial charge in [0.05, 0.1) is 16.3 Å². The monoisotopic (exact) mass is 391 g/mol. The molecule has 3 nitrogen and oxygen atoms in total. The van der Waals surface area contributed by atoms with Crippen LogP contribution in [0.2, 0.25) is 5.02 Å². The number of carbonyl (C=O) groups excluding carboxylic acids is 1. The Balaban J connectivity index is 2.30. The second kappa shape index (κ2) is 5.75. The fourth-order valence-corrected chi connectivity index (χ4v) is 2.13. The number of nitrogens with one attached hydrogen (secondary N) is 1. The highest BCUT2D eigenvalue weighted by Gasteiger charge is 2.13. The van der Waals surface area contributed by atoms with Crippen molar-refractivity contribution in [2.45, 2.75) is 0 Å². The number of hydrogen-bond donors (Lipinski definition) is 2. The molecule has 2 aromatic carbocycles. The summed E-state index contributed by atoms with van der Waals surface area (Å²) in [5.74, 6) is -1.21. The lowest BCUT2D eigenvalue weighted by molar-refractivity contribution is 0.102. The molecule has 0 aromatic heterocycles. The van der Waals surface area contributed by atoms with E-state index in [-0.39, 0.29) is 22.0 Å². The molecule has 98 valence electrons. The number of carbonyl (C=O) groups is 1. The van der Waals surface area contributed by atoms with Gasteiger partial charge in [-0.2, -0.15) is 0 Å². The largest absolute Gasteiger partial charge is 0.507 e. The summed E-state index contributed by atoms with van der Waals surface area (Å²) in [5.41, 5.74) is 0.261. The zero-order chi connectivity index (χ0) is 14.0. The van der Waals surface area contributed by atoms with Gasteiger partial charge in [-0.1, -0.05) is 11.6 Å². The molecular formula is C13H8ClFINO2. The summed E-state index contributed by atoms with van der Waals surface area (Å²) in [5, 5.41) is 12.3. The third-order valence-electron chi connectivity index (χ3n) is 2.38. The van der Waals surface area contributed by atoms with E-state index in [1.165, 1.54) is 24.3 Å². The lowest BCUT2D eigenvalue weighted by Crippen LogP contribution is -2.12. The van der Waals surface area contributed by atoms with E-state index in [2.05, 4.69) is 5.32 Å². The summed E-state index contributed by atoms with van der Waals surface area (Å²) in [6.07, 6.45) is 0. The minimum absolute atomic E-state index is 0.104. The van der Waals surface area contributed by atoms with Crippen LogP contribution in [0.1, 0.15) is 10.4 Å². The molecule has 0 bridgehead atoms. The maximum Gasteiger partial charge on any atom is 0.259 e. The molecule has 0 radical (unpaired) electrons. The van der Waals surface area contributed by atoms with Crippen molar-refractivity contribution < 1.29 is 14.3 Å². The predicted octanol–water partition coefficient (Wildman–Crippen LogP) is 4.04. The van der Waals surface area contributed by atoms with E-state index in [1.54, 1.807) is 6.07 Å². The van der Waals surface area contributed by atoms with Gasteiger partial charge in [0.1, 0.15) is 11.6 Å². The molecule has 0 aliphatic carbocycles. The maximum absolute atomic E-state index is 13.1. The quantitative estimate of drug-likeness (QED) is 0.759. The number of anilines is 1. The highest BCUT2D eigenvalue weighted by molar-refractivity contribution is 14.1. The molecule has 0 fully saturated rings. The van der Waals surface area contributed by atoms with E-state index in [0.29, 0.717) is 0 Å². The van der Waals surface area contributed by atoms with Gasteiger partial charge in [-0.3, -0.25) is 4.79 Å². The molecule has 0 unspecified atom stereocenters. The van der Waals surface area contributed by atoms with E-state index in [9.17, 15) is 14.3 Å². The number of benzene rings is 2. The van der Waals surface area contributed by atoms with Crippen molar-refractivity contribution in [2.75, 3.05) is 5.32 Å². The number of phenolic OH excluding ortho intramolecular Hbond substituents is 1. The summed E-state index contributed by atoms with van der Waals surface area (Å²) < 4.78 is 13.9. The zero-order valence-corrected chi connectivity index (χ0v) is 12.4. The van der Waals surface area contributed by atoms with E-state index in [1.807, 2.05) is 22.6 Å². The van der Waals surface area contributed by atoms with E-state index in [4.69, 9.17) is 11.6 Å². The first-order chi connectivity index (χ1) is 8.97. The van der Waals surface area contributed by atoms with Crippen molar-refractivity contribution in [1.82, 2.24) is 0 Å². The highest BCUT2D eigenvalue weighted by Crippen LogP contribution is 2.25. The topological polar surface area (TPSA) is 49.3 Å². The molecule has 0 heterocycles. The Morgan fingerprint density at radius 1 is 1.26 bits per heavy atom. The van der Waals surface area contributed by atoms with E-state index >= 15 is 0 Å². The molecule has 0 spiro atoms. The molecule has 1 amide bonds. The number of rotatable bonds is 2. The van der Waals surface area contributed by atoms with Gasteiger partial charge in [0, 0.05) is 3.57 Å². The molecule has 2 rings (SSSR count). The summed E-state index contributed by atoms with van der Waals surface area (Å²) >= 11 is 7.87. The molecule has 0 aliphatic rings. The summed E-state index contributed by atoms with van der Waals surface area (Å²) in [6, 6.07) is 8.28. The average molecular weight is 392 g/mol. The van der Waals surface area contributed by atoms with Crippen molar-refractivity contribution in [3.8, 4) is 5.75 Å². The zero-order valence-electron chi connectivity index (χ0n) is 9.45. The predicted molar refractivity (Wildman–Crippen MR) is 80.2 cm³/mol. The van der Waals surface area contributed by atoms with Crippen LogP contribution in [0.25, 0.3) is 0 Å². The molecule has 0 aliphatic heterocycles. The van der Waals surface area contributed by atoms with Crippen molar-refractivity contribution in [3.63, 3.8) is 0 Å². The molecule has 0 saturated heterocycles. The SMILES string of the molecule is O=C(Nc1cc(F)ccc1Cl)c1cc(I)ccc1O. The van der Waals surface area contributed by atoms with Crippen LogP contribution in [0, 0.1) is 9.39 Å². The van der Waals surface area contributed by atoms with Crippen molar-refractivity contribution >= 4 is 45.8 Å². The van der Waals surface area contributed by atoms with E-state index < -0.39 is 11.7 Å². The fourth-order valence-electron chi connectivity index (χ4n) is 1.47. The van der Waals surface area contributed by atoms with Gasteiger partial charge in [0.2, 0.25) is 0 Å². The lowest BCUT2D eigenvalue weighted by atomic mass is 10.2. The Morgan fingerprint density at radius 2 is 2.00 bits per heavy atom. The van der Waals surface area contributed by atoms with Crippen LogP contribution in [0.15, 0.2) is 36.4 Å². The minimum Gasteiger partial charge on any atom is -0.507 e. The van der Waals surface area contributed by atoms with Crippen LogP contribution in [0.5, 0.6) is 5.75 Å². The molecule has 2 aromatic rings. The molecule has 0 atom stereocenters. The smallest absolute Gasteiger partial charge is 0.259 e. The number of hydrogen-bond acceptors (Lipinski definition) is 2. The highest BCUT2D eigenvalue weighted by atomic mass is 127.